The van der Waals surface area contributed by atoms with Gasteiger partial charge < -0.3 is 23.5 Å². The zero-order chi connectivity index (χ0) is 29.2. The summed E-state index contributed by atoms with van der Waals surface area (Å²) >= 11 is 0.856. The van der Waals surface area contributed by atoms with Gasteiger partial charge in [-0.1, -0.05) is 72.4 Å². The van der Waals surface area contributed by atoms with Gasteiger partial charge in [-0.2, -0.15) is 0 Å². The highest BCUT2D eigenvalue weighted by Crippen LogP contribution is 2.36. The lowest BCUT2D eigenvalue weighted by Crippen LogP contribution is -2.16. The second-order valence-electron chi connectivity index (χ2n) is 7.84. The molecule has 3 rings (SSSR count). The van der Waals surface area contributed by atoms with Crippen molar-refractivity contribution in [2.75, 3.05) is 28.4 Å². The van der Waals surface area contributed by atoms with Gasteiger partial charge in [0.25, 0.3) is 0 Å². The fourth-order valence-electron chi connectivity index (χ4n) is 3.56. The van der Waals surface area contributed by atoms with Crippen molar-refractivity contribution in [1.82, 2.24) is 4.57 Å². The molecule has 2 aromatic carbocycles. The molecule has 1 aromatic heterocycles. The first-order valence-corrected chi connectivity index (χ1v) is 12.4. The number of rotatable bonds is 10. The lowest BCUT2D eigenvalue weighted by Gasteiger charge is -2.12. The Morgan fingerprint density at radius 2 is 1.30 bits per heavy atom. The van der Waals surface area contributed by atoms with Crippen LogP contribution in [0.1, 0.15) is 42.3 Å². The van der Waals surface area contributed by atoms with E-state index < -0.39 is 29.7 Å². The molecule has 1 heterocycles. The molecule has 0 aliphatic rings. The number of ketones is 1. The molecule has 10 nitrogen and oxygen atoms in total. The van der Waals surface area contributed by atoms with Gasteiger partial charge in [0.2, 0.25) is 5.78 Å². The maximum Gasteiger partial charge on any atom is 0.344 e. The van der Waals surface area contributed by atoms with Crippen LogP contribution < -0.4 is 0 Å². The number of hydrogen-bond donors (Lipinski definition) is 0. The van der Waals surface area contributed by atoms with Crippen LogP contribution in [-0.4, -0.2) is 62.7 Å². The van der Waals surface area contributed by atoms with E-state index >= 15 is 0 Å². The predicted molar refractivity (Wildman–Crippen MR) is 147 cm³/mol. The first-order chi connectivity index (χ1) is 19.2. The normalized spacial score (nSPS) is 11.4. The summed E-state index contributed by atoms with van der Waals surface area (Å²) in [6, 6.07) is 16.9. The highest BCUT2D eigenvalue weighted by Gasteiger charge is 2.31. The Morgan fingerprint density at radius 1 is 0.725 bits per heavy atom. The van der Waals surface area contributed by atoms with E-state index in [1.807, 2.05) is 0 Å². The summed E-state index contributed by atoms with van der Waals surface area (Å²) < 4.78 is 20.6. The number of nitrogens with zero attached hydrogens (tertiary/aromatic N) is 1. The molecule has 0 amide bonds. The highest BCUT2D eigenvalue weighted by atomic mass is 32.2. The van der Waals surface area contributed by atoms with Gasteiger partial charge in [-0.05, 0) is 5.56 Å². The van der Waals surface area contributed by atoms with Gasteiger partial charge in [0.1, 0.15) is 16.2 Å². The molecule has 0 bridgehead atoms. The second kappa shape index (κ2) is 13.8. The molecule has 11 heteroatoms. The molecule has 0 radical (unpaired) electrons. The third-order valence-electron chi connectivity index (χ3n) is 5.45. The zero-order valence-corrected chi connectivity index (χ0v) is 22.9. The van der Waals surface area contributed by atoms with Crippen molar-refractivity contribution in [2.24, 2.45) is 0 Å². The quantitative estimate of drug-likeness (QED) is 0.153. The Labute approximate surface area is 234 Å². The molecular weight excluding hydrogens is 538 g/mol. The van der Waals surface area contributed by atoms with Crippen molar-refractivity contribution in [3.63, 3.8) is 0 Å². The summed E-state index contributed by atoms with van der Waals surface area (Å²) in [6.45, 7) is 0. The summed E-state index contributed by atoms with van der Waals surface area (Å²) in [5.74, 6) is -3.98. The Kier molecular flexibility index (Phi) is 10.2. The number of esters is 4. The van der Waals surface area contributed by atoms with Gasteiger partial charge in [-0.15, -0.1) is 0 Å². The standard InChI is InChI=1S/C29H25NO9S/c1-36-23(31)15-21(28(34)38-3)40-22(18-11-7-5-8-12-18)17-30-16-20(27(33)37-2)24(29(35)39-4)25(30)26(32)19-13-9-6-10-14-19/h5-17H,1-4H3/b21-15-,22-17-. The number of methoxy groups -OCH3 is 4. The average molecular weight is 564 g/mol. The first kappa shape index (κ1) is 29.7. The Morgan fingerprint density at radius 3 is 1.82 bits per heavy atom. The SMILES string of the molecule is COC(=O)/C=C(\S/C(=C\n1cc(C(=O)OC)c(C(=O)OC)c1C(=O)c1ccccc1)c1ccccc1)C(=O)OC. The van der Waals surface area contributed by atoms with Crippen LogP contribution in [-0.2, 0) is 28.5 Å². The third kappa shape index (κ3) is 6.75. The van der Waals surface area contributed by atoms with Crippen LogP contribution in [0.3, 0.4) is 0 Å². The molecule has 3 aromatic rings. The van der Waals surface area contributed by atoms with Gasteiger partial charge in [0.15, 0.2) is 0 Å². The van der Waals surface area contributed by atoms with E-state index in [9.17, 15) is 24.0 Å². The highest BCUT2D eigenvalue weighted by molar-refractivity contribution is 8.12. The number of carbonyl (C=O) groups is 5. The molecule has 0 saturated heterocycles. The van der Waals surface area contributed by atoms with Gasteiger partial charge in [-0.3, -0.25) is 4.79 Å². The van der Waals surface area contributed by atoms with Gasteiger partial charge in [-0.25, -0.2) is 19.2 Å². The lowest BCUT2D eigenvalue weighted by molar-refractivity contribution is -0.137. The minimum atomic E-state index is -0.929. The van der Waals surface area contributed by atoms with E-state index in [2.05, 4.69) is 4.74 Å². The van der Waals surface area contributed by atoms with Crippen LogP contribution in [0.15, 0.2) is 77.8 Å². The van der Waals surface area contributed by atoms with Gasteiger partial charge in [0.05, 0.1) is 34.0 Å². The van der Waals surface area contributed by atoms with E-state index in [1.54, 1.807) is 60.7 Å². The minimum absolute atomic E-state index is 0.117. The molecule has 0 N–H and O–H groups in total. The lowest BCUT2D eigenvalue weighted by atomic mass is 10.0. The largest absolute Gasteiger partial charge is 0.466 e. The molecular formula is C29H25NO9S. The molecule has 0 aliphatic heterocycles. The molecule has 0 saturated carbocycles. The average Bonchev–Trinajstić information content (AvgIpc) is 3.38. The number of ether oxygens (including phenoxy) is 4. The van der Waals surface area contributed by atoms with Crippen molar-refractivity contribution in [3.05, 3.63) is 106 Å². The third-order valence-corrected chi connectivity index (χ3v) is 6.52. The Balaban J connectivity index is 2.36. The van der Waals surface area contributed by atoms with Crippen molar-refractivity contribution >= 4 is 52.5 Å². The molecule has 0 fully saturated rings. The van der Waals surface area contributed by atoms with E-state index in [1.165, 1.54) is 17.0 Å². The monoisotopic (exact) mass is 563 g/mol. The van der Waals surface area contributed by atoms with E-state index in [0.29, 0.717) is 10.5 Å². The van der Waals surface area contributed by atoms with E-state index in [0.717, 1.165) is 46.3 Å². The Hall–Kier alpha value is -4.90. The van der Waals surface area contributed by atoms with Crippen LogP contribution >= 0.6 is 11.8 Å². The maximum atomic E-state index is 13.7. The van der Waals surface area contributed by atoms with Crippen molar-refractivity contribution < 1.29 is 42.9 Å². The van der Waals surface area contributed by atoms with Gasteiger partial charge >= 0.3 is 23.9 Å². The number of carbonyl (C=O) groups excluding carboxylic acids is 5. The van der Waals surface area contributed by atoms with Crippen molar-refractivity contribution in [3.8, 4) is 0 Å². The van der Waals surface area contributed by atoms with E-state index in [-0.39, 0.29) is 27.3 Å². The summed E-state index contributed by atoms with van der Waals surface area (Å²) in [4.78, 5) is 64.1. The van der Waals surface area contributed by atoms with E-state index in [4.69, 9.17) is 14.2 Å². The van der Waals surface area contributed by atoms with Crippen LogP contribution in [0.25, 0.3) is 11.1 Å². The number of benzene rings is 2. The zero-order valence-electron chi connectivity index (χ0n) is 22.0. The summed E-state index contributed by atoms with van der Waals surface area (Å²) in [6.07, 6.45) is 3.68. The smallest absolute Gasteiger partial charge is 0.344 e. The Bertz CT molecular complexity index is 1490. The number of aromatic nitrogens is 1. The fourth-order valence-corrected chi connectivity index (χ4v) is 4.54. The summed E-state index contributed by atoms with van der Waals surface area (Å²) in [7, 11) is 4.59. The second-order valence-corrected chi connectivity index (χ2v) is 8.92. The van der Waals surface area contributed by atoms with Crippen LogP contribution in [0.5, 0.6) is 0 Å². The first-order valence-electron chi connectivity index (χ1n) is 11.6. The van der Waals surface area contributed by atoms with Gasteiger partial charge in [0, 0.05) is 28.9 Å². The predicted octanol–water partition coefficient (Wildman–Crippen LogP) is 4.21. The molecule has 0 unspecified atom stereocenters. The van der Waals surface area contributed by atoms with Crippen molar-refractivity contribution in [1.29, 1.82) is 0 Å². The number of hydrogen-bond acceptors (Lipinski definition) is 10. The molecule has 0 aliphatic carbocycles. The summed E-state index contributed by atoms with van der Waals surface area (Å²) in [5, 5.41) is 0. The molecule has 206 valence electrons. The minimum Gasteiger partial charge on any atom is -0.466 e. The van der Waals surface area contributed by atoms with Crippen LogP contribution in [0.4, 0.5) is 0 Å². The fraction of sp³-hybridized carbons (Fsp3) is 0.138. The molecule has 0 spiro atoms. The number of thioether (sulfide) groups is 1. The maximum absolute atomic E-state index is 13.7. The molecule has 40 heavy (non-hydrogen) atoms. The van der Waals surface area contributed by atoms with Crippen LogP contribution in [0, 0.1) is 0 Å². The van der Waals surface area contributed by atoms with Crippen LogP contribution in [0.2, 0.25) is 0 Å². The molecule has 0 atom stereocenters. The summed E-state index contributed by atoms with van der Waals surface area (Å²) in [5.41, 5.74) is 0.143. The topological polar surface area (TPSA) is 127 Å². The van der Waals surface area contributed by atoms with Crippen molar-refractivity contribution in [2.45, 2.75) is 0 Å².